The maximum absolute atomic E-state index is 12.7. The summed E-state index contributed by atoms with van der Waals surface area (Å²) in [4.78, 5) is 14.8. The van der Waals surface area contributed by atoms with Crippen LogP contribution >= 0.6 is 0 Å². The molecule has 2 aromatic rings. The number of hydrogen-bond donors (Lipinski definition) is 0. The minimum absolute atomic E-state index is 0.201. The van der Waals surface area contributed by atoms with Crippen molar-refractivity contribution in [2.75, 3.05) is 13.7 Å². The number of hydrogen-bond acceptors (Lipinski definition) is 3. The average molecular weight is 313 g/mol. The predicted molar refractivity (Wildman–Crippen MR) is 88.3 cm³/mol. The Labute approximate surface area is 136 Å². The number of rotatable bonds is 5. The summed E-state index contributed by atoms with van der Waals surface area (Å²) in [6.45, 7) is 1.63. The van der Waals surface area contributed by atoms with Crippen LogP contribution < -0.4 is 4.74 Å². The second-order valence-corrected chi connectivity index (χ2v) is 5.99. The van der Waals surface area contributed by atoms with Crippen LogP contribution in [0.15, 0.2) is 42.7 Å². The molecule has 122 valence electrons. The SMILES string of the molecule is COc1ccc(CC(=O)N2CCCC[C@@H]2Cn2cccn2)cc1. The van der Waals surface area contributed by atoms with Crippen molar-refractivity contribution in [1.82, 2.24) is 14.7 Å². The van der Waals surface area contributed by atoms with E-state index in [1.165, 1.54) is 6.42 Å². The van der Waals surface area contributed by atoms with Crippen LogP contribution in [0.25, 0.3) is 0 Å². The predicted octanol–water partition coefficient (Wildman–Crippen LogP) is 2.52. The molecule has 0 unspecified atom stereocenters. The van der Waals surface area contributed by atoms with Gasteiger partial charge in [-0.2, -0.15) is 5.10 Å². The van der Waals surface area contributed by atoms with Gasteiger partial charge in [0.15, 0.2) is 0 Å². The van der Waals surface area contributed by atoms with E-state index < -0.39 is 0 Å². The first-order valence-electron chi connectivity index (χ1n) is 8.16. The maximum Gasteiger partial charge on any atom is 0.227 e. The van der Waals surface area contributed by atoms with Gasteiger partial charge >= 0.3 is 0 Å². The highest BCUT2D eigenvalue weighted by Gasteiger charge is 2.27. The van der Waals surface area contributed by atoms with Crippen molar-refractivity contribution in [2.45, 2.75) is 38.3 Å². The molecule has 1 aromatic carbocycles. The van der Waals surface area contributed by atoms with E-state index in [4.69, 9.17) is 4.74 Å². The molecule has 1 fully saturated rings. The molecule has 0 radical (unpaired) electrons. The Bertz CT molecular complexity index is 622. The third kappa shape index (κ3) is 3.92. The van der Waals surface area contributed by atoms with E-state index in [0.717, 1.165) is 37.2 Å². The van der Waals surface area contributed by atoms with E-state index in [2.05, 4.69) is 5.10 Å². The minimum Gasteiger partial charge on any atom is -0.497 e. The number of benzene rings is 1. The van der Waals surface area contributed by atoms with Crippen molar-refractivity contribution in [3.05, 3.63) is 48.3 Å². The number of carbonyl (C=O) groups is 1. The number of amides is 1. The van der Waals surface area contributed by atoms with Crippen molar-refractivity contribution < 1.29 is 9.53 Å². The molecule has 1 amide bonds. The van der Waals surface area contributed by atoms with Crippen LogP contribution in [0.5, 0.6) is 5.75 Å². The first-order chi connectivity index (χ1) is 11.3. The fourth-order valence-electron chi connectivity index (χ4n) is 3.16. The molecule has 1 aliphatic rings. The molecule has 1 saturated heterocycles. The normalized spacial score (nSPS) is 18.0. The Morgan fingerprint density at radius 3 is 2.83 bits per heavy atom. The summed E-state index contributed by atoms with van der Waals surface area (Å²) >= 11 is 0. The molecule has 1 aromatic heterocycles. The summed E-state index contributed by atoms with van der Waals surface area (Å²) in [5.41, 5.74) is 1.03. The molecular weight excluding hydrogens is 290 g/mol. The summed E-state index contributed by atoms with van der Waals surface area (Å²) in [5, 5.41) is 4.27. The summed E-state index contributed by atoms with van der Waals surface area (Å²) in [7, 11) is 1.65. The van der Waals surface area contributed by atoms with Gasteiger partial charge in [0.2, 0.25) is 5.91 Å². The number of carbonyl (C=O) groups excluding carboxylic acids is 1. The van der Waals surface area contributed by atoms with Crippen molar-refractivity contribution in [3.63, 3.8) is 0 Å². The molecule has 0 saturated carbocycles. The third-order valence-electron chi connectivity index (χ3n) is 4.42. The zero-order valence-electron chi connectivity index (χ0n) is 13.5. The summed E-state index contributed by atoms with van der Waals surface area (Å²) < 4.78 is 7.08. The van der Waals surface area contributed by atoms with E-state index in [1.54, 1.807) is 13.3 Å². The molecule has 0 spiro atoms. The molecule has 0 bridgehead atoms. The lowest BCUT2D eigenvalue weighted by molar-refractivity contribution is -0.134. The highest BCUT2D eigenvalue weighted by molar-refractivity contribution is 5.79. The maximum atomic E-state index is 12.7. The first kappa shape index (κ1) is 15.6. The standard InChI is InChI=1S/C18H23N3O2/c1-23-17-8-6-15(7-9-17)13-18(22)21-12-3-2-5-16(21)14-20-11-4-10-19-20/h4,6-11,16H,2-3,5,12-14H2,1H3/t16-/m1/s1. The zero-order chi connectivity index (χ0) is 16.1. The van der Waals surface area contributed by atoms with Crippen LogP contribution in [-0.4, -0.2) is 40.3 Å². The van der Waals surface area contributed by atoms with E-state index in [0.29, 0.717) is 6.42 Å². The highest BCUT2D eigenvalue weighted by Crippen LogP contribution is 2.20. The van der Waals surface area contributed by atoms with Gasteiger partial charge in [0.25, 0.3) is 0 Å². The number of piperidine rings is 1. The van der Waals surface area contributed by atoms with Crippen LogP contribution in [-0.2, 0) is 17.8 Å². The van der Waals surface area contributed by atoms with Crippen molar-refractivity contribution in [3.8, 4) is 5.75 Å². The van der Waals surface area contributed by atoms with E-state index in [1.807, 2.05) is 46.1 Å². The van der Waals surface area contributed by atoms with Gasteiger partial charge in [0, 0.05) is 18.9 Å². The largest absolute Gasteiger partial charge is 0.497 e. The van der Waals surface area contributed by atoms with Crippen molar-refractivity contribution >= 4 is 5.91 Å². The van der Waals surface area contributed by atoms with Crippen LogP contribution in [0.3, 0.4) is 0 Å². The number of aromatic nitrogens is 2. The fourth-order valence-corrected chi connectivity index (χ4v) is 3.16. The Balaban J connectivity index is 1.65. The van der Waals surface area contributed by atoms with Gasteiger partial charge in [-0.15, -0.1) is 0 Å². The molecule has 0 N–H and O–H groups in total. The van der Waals surface area contributed by atoms with Gasteiger partial charge in [-0.3, -0.25) is 9.48 Å². The van der Waals surface area contributed by atoms with Crippen LogP contribution in [0, 0.1) is 0 Å². The first-order valence-corrected chi connectivity index (χ1v) is 8.16. The van der Waals surface area contributed by atoms with E-state index >= 15 is 0 Å². The number of nitrogens with zero attached hydrogens (tertiary/aromatic N) is 3. The third-order valence-corrected chi connectivity index (χ3v) is 4.42. The fraction of sp³-hybridized carbons (Fsp3) is 0.444. The summed E-state index contributed by atoms with van der Waals surface area (Å²) in [5.74, 6) is 1.02. The second-order valence-electron chi connectivity index (χ2n) is 5.99. The Kier molecular flexibility index (Phi) is 4.95. The van der Waals surface area contributed by atoms with Crippen LogP contribution in [0.1, 0.15) is 24.8 Å². The average Bonchev–Trinajstić information content (AvgIpc) is 3.09. The topological polar surface area (TPSA) is 47.4 Å². The van der Waals surface area contributed by atoms with E-state index in [-0.39, 0.29) is 11.9 Å². The molecular formula is C18H23N3O2. The lowest BCUT2D eigenvalue weighted by Gasteiger charge is -2.36. The van der Waals surface area contributed by atoms with Gasteiger partial charge in [-0.05, 0) is 43.0 Å². The zero-order valence-corrected chi connectivity index (χ0v) is 13.5. The molecule has 1 atom stereocenters. The number of methoxy groups -OCH3 is 1. The monoisotopic (exact) mass is 313 g/mol. The lowest BCUT2D eigenvalue weighted by Crippen LogP contribution is -2.46. The van der Waals surface area contributed by atoms with Gasteiger partial charge < -0.3 is 9.64 Å². The molecule has 3 rings (SSSR count). The molecule has 2 heterocycles. The molecule has 1 aliphatic heterocycles. The number of likely N-dealkylation sites (tertiary alicyclic amines) is 1. The summed E-state index contributed by atoms with van der Waals surface area (Å²) in [6.07, 6.45) is 7.50. The van der Waals surface area contributed by atoms with Gasteiger partial charge in [0.05, 0.1) is 26.1 Å². The molecule has 0 aliphatic carbocycles. The molecule has 5 nitrogen and oxygen atoms in total. The highest BCUT2D eigenvalue weighted by atomic mass is 16.5. The summed E-state index contributed by atoms with van der Waals surface area (Å²) in [6, 6.07) is 9.90. The Morgan fingerprint density at radius 2 is 2.13 bits per heavy atom. The van der Waals surface area contributed by atoms with Gasteiger partial charge in [-0.25, -0.2) is 0 Å². The Morgan fingerprint density at radius 1 is 1.30 bits per heavy atom. The van der Waals surface area contributed by atoms with Gasteiger partial charge in [-0.1, -0.05) is 12.1 Å². The van der Waals surface area contributed by atoms with E-state index in [9.17, 15) is 4.79 Å². The van der Waals surface area contributed by atoms with Crippen molar-refractivity contribution in [2.24, 2.45) is 0 Å². The Hall–Kier alpha value is -2.30. The number of ether oxygens (including phenoxy) is 1. The molecule has 5 heteroatoms. The van der Waals surface area contributed by atoms with Gasteiger partial charge in [0.1, 0.15) is 5.75 Å². The quantitative estimate of drug-likeness (QED) is 0.852. The lowest BCUT2D eigenvalue weighted by atomic mass is 10.0. The minimum atomic E-state index is 0.201. The smallest absolute Gasteiger partial charge is 0.227 e. The van der Waals surface area contributed by atoms with Crippen molar-refractivity contribution in [1.29, 1.82) is 0 Å². The second kappa shape index (κ2) is 7.31. The van der Waals surface area contributed by atoms with Crippen LogP contribution in [0.2, 0.25) is 0 Å². The van der Waals surface area contributed by atoms with Crippen LogP contribution in [0.4, 0.5) is 0 Å². The molecule has 23 heavy (non-hydrogen) atoms.